The maximum Gasteiger partial charge on any atom is 0.324 e. The first-order valence-electron chi connectivity index (χ1n) is 7.49. The van der Waals surface area contributed by atoms with Gasteiger partial charge < -0.3 is 5.32 Å². The predicted molar refractivity (Wildman–Crippen MR) is 78.3 cm³/mol. The van der Waals surface area contributed by atoms with Crippen LogP contribution in [-0.2, 0) is 24.3 Å². The van der Waals surface area contributed by atoms with Gasteiger partial charge in [0.2, 0.25) is 5.91 Å². The van der Waals surface area contributed by atoms with E-state index in [4.69, 9.17) is 0 Å². The lowest BCUT2D eigenvalue weighted by atomic mass is 10.1. The van der Waals surface area contributed by atoms with Crippen molar-refractivity contribution in [3.05, 3.63) is 27.7 Å². The molecule has 8 nitrogen and oxygen atoms in total. The standard InChI is InChI=1S/C14H19N5O3/c1-2-19-12(20)7-10-9-17(4-3-11(10)16-19)5-6-18-13(21)8-15-14(18)22/h7H,2-6,8-9H2,1H3,(H,15,22). The van der Waals surface area contributed by atoms with Gasteiger partial charge in [0, 0.05) is 45.2 Å². The summed E-state index contributed by atoms with van der Waals surface area (Å²) in [5.74, 6) is -0.185. The summed E-state index contributed by atoms with van der Waals surface area (Å²) < 4.78 is 1.47. The molecule has 0 aliphatic carbocycles. The van der Waals surface area contributed by atoms with Gasteiger partial charge in [0.1, 0.15) is 0 Å². The number of fused-ring (bicyclic) bond motifs is 1. The number of nitrogens with zero attached hydrogens (tertiary/aromatic N) is 4. The van der Waals surface area contributed by atoms with Gasteiger partial charge in [0.05, 0.1) is 12.2 Å². The molecule has 0 bridgehead atoms. The number of amides is 3. The number of hydrogen-bond acceptors (Lipinski definition) is 5. The molecule has 0 unspecified atom stereocenters. The maximum atomic E-state index is 11.9. The van der Waals surface area contributed by atoms with Crippen LogP contribution < -0.4 is 10.9 Å². The lowest BCUT2D eigenvalue weighted by Crippen LogP contribution is -2.41. The molecule has 22 heavy (non-hydrogen) atoms. The molecule has 3 heterocycles. The molecule has 1 saturated heterocycles. The van der Waals surface area contributed by atoms with Gasteiger partial charge in [0.25, 0.3) is 5.56 Å². The SMILES string of the molecule is CCn1nc2c(cc1=O)CN(CCN1C(=O)CNC1=O)CC2. The van der Waals surface area contributed by atoms with Crippen molar-refractivity contribution in [1.82, 2.24) is 24.9 Å². The quantitative estimate of drug-likeness (QED) is 0.734. The highest BCUT2D eigenvalue weighted by atomic mass is 16.2. The van der Waals surface area contributed by atoms with Crippen molar-refractivity contribution < 1.29 is 9.59 Å². The van der Waals surface area contributed by atoms with Crippen LogP contribution in [0.25, 0.3) is 0 Å². The van der Waals surface area contributed by atoms with Crippen LogP contribution in [0.3, 0.4) is 0 Å². The number of urea groups is 1. The summed E-state index contributed by atoms with van der Waals surface area (Å²) in [6.45, 7) is 4.98. The Balaban J connectivity index is 1.64. The molecule has 2 aliphatic heterocycles. The highest BCUT2D eigenvalue weighted by Crippen LogP contribution is 2.15. The first-order chi connectivity index (χ1) is 10.6. The number of carbonyl (C=O) groups excluding carboxylic acids is 2. The van der Waals surface area contributed by atoms with Crippen LogP contribution in [0.4, 0.5) is 4.79 Å². The molecule has 0 spiro atoms. The Kier molecular flexibility index (Phi) is 3.93. The van der Waals surface area contributed by atoms with Crippen molar-refractivity contribution in [2.75, 3.05) is 26.2 Å². The average Bonchev–Trinajstić information content (AvgIpc) is 2.83. The van der Waals surface area contributed by atoms with Crippen LogP contribution in [0.2, 0.25) is 0 Å². The third-order valence-corrected chi connectivity index (χ3v) is 4.10. The molecule has 0 aromatic carbocycles. The third-order valence-electron chi connectivity index (χ3n) is 4.10. The molecular formula is C14H19N5O3. The molecule has 0 saturated carbocycles. The Morgan fingerprint density at radius 2 is 2.09 bits per heavy atom. The highest BCUT2D eigenvalue weighted by molar-refractivity contribution is 6.01. The van der Waals surface area contributed by atoms with Crippen LogP contribution >= 0.6 is 0 Å². The summed E-state index contributed by atoms with van der Waals surface area (Å²) in [7, 11) is 0. The van der Waals surface area contributed by atoms with Crippen LogP contribution in [0, 0.1) is 0 Å². The Morgan fingerprint density at radius 3 is 2.77 bits per heavy atom. The van der Waals surface area contributed by atoms with Crippen molar-refractivity contribution in [3.63, 3.8) is 0 Å². The van der Waals surface area contributed by atoms with E-state index in [0.717, 1.165) is 24.2 Å². The number of aromatic nitrogens is 2. The molecule has 3 rings (SSSR count). The lowest BCUT2D eigenvalue weighted by Gasteiger charge is -2.29. The number of carbonyl (C=O) groups is 2. The molecule has 1 N–H and O–H groups in total. The Bertz CT molecular complexity index is 653. The number of rotatable bonds is 4. The normalized spacial score (nSPS) is 18.5. The lowest BCUT2D eigenvalue weighted by molar-refractivity contribution is -0.125. The van der Waals surface area contributed by atoms with E-state index in [9.17, 15) is 14.4 Å². The molecule has 2 aliphatic rings. The fourth-order valence-corrected chi connectivity index (χ4v) is 2.84. The predicted octanol–water partition coefficient (Wildman–Crippen LogP) is -0.827. The zero-order chi connectivity index (χ0) is 15.7. The molecule has 3 amide bonds. The molecule has 8 heteroatoms. The van der Waals surface area contributed by atoms with Crippen molar-refractivity contribution in [3.8, 4) is 0 Å². The van der Waals surface area contributed by atoms with Crippen molar-refractivity contribution in [2.45, 2.75) is 26.4 Å². The first kappa shape index (κ1) is 14.7. The summed E-state index contributed by atoms with van der Waals surface area (Å²) in [5.41, 5.74) is 1.82. The van der Waals surface area contributed by atoms with Gasteiger partial charge in [-0.25, -0.2) is 9.48 Å². The van der Waals surface area contributed by atoms with E-state index in [1.165, 1.54) is 9.58 Å². The summed E-state index contributed by atoms with van der Waals surface area (Å²) in [6, 6.07) is 1.32. The fraction of sp³-hybridized carbons (Fsp3) is 0.571. The molecular weight excluding hydrogens is 286 g/mol. The number of imide groups is 1. The summed E-state index contributed by atoms with van der Waals surface area (Å²) in [5, 5.41) is 6.88. The number of aryl methyl sites for hydroxylation is 1. The van der Waals surface area contributed by atoms with Crippen molar-refractivity contribution in [2.24, 2.45) is 0 Å². The maximum absolute atomic E-state index is 11.9. The first-order valence-corrected chi connectivity index (χ1v) is 7.49. The van der Waals surface area contributed by atoms with Gasteiger partial charge in [0.15, 0.2) is 0 Å². The van der Waals surface area contributed by atoms with Gasteiger partial charge in [-0.3, -0.25) is 19.4 Å². The highest BCUT2D eigenvalue weighted by Gasteiger charge is 2.29. The topological polar surface area (TPSA) is 87.5 Å². The molecule has 1 aromatic heterocycles. The van der Waals surface area contributed by atoms with E-state index in [1.54, 1.807) is 6.07 Å². The zero-order valence-corrected chi connectivity index (χ0v) is 12.5. The largest absolute Gasteiger partial charge is 0.329 e. The Morgan fingerprint density at radius 1 is 1.27 bits per heavy atom. The van der Waals surface area contributed by atoms with E-state index < -0.39 is 0 Å². The zero-order valence-electron chi connectivity index (χ0n) is 12.5. The Labute approximate surface area is 127 Å². The Hall–Kier alpha value is -2.22. The van der Waals surface area contributed by atoms with Crippen LogP contribution in [0.1, 0.15) is 18.2 Å². The number of nitrogens with one attached hydrogen (secondary N) is 1. The van der Waals surface area contributed by atoms with Crippen molar-refractivity contribution >= 4 is 11.9 Å². The third kappa shape index (κ3) is 2.74. The van der Waals surface area contributed by atoms with Crippen LogP contribution in [0.5, 0.6) is 0 Å². The summed E-state index contributed by atoms with van der Waals surface area (Å²) >= 11 is 0. The second-order valence-electron chi connectivity index (χ2n) is 5.50. The van der Waals surface area contributed by atoms with Gasteiger partial charge in [-0.05, 0) is 12.5 Å². The minimum atomic E-state index is -0.324. The molecule has 118 valence electrons. The van der Waals surface area contributed by atoms with E-state index in [0.29, 0.717) is 26.2 Å². The fourth-order valence-electron chi connectivity index (χ4n) is 2.84. The van der Waals surface area contributed by atoms with Gasteiger partial charge >= 0.3 is 6.03 Å². The van der Waals surface area contributed by atoms with Gasteiger partial charge in [-0.1, -0.05) is 0 Å². The minimum absolute atomic E-state index is 0.0855. The summed E-state index contributed by atoms with van der Waals surface area (Å²) in [4.78, 5) is 38.3. The molecule has 1 aromatic rings. The smallest absolute Gasteiger partial charge is 0.324 e. The van der Waals surface area contributed by atoms with Crippen molar-refractivity contribution in [1.29, 1.82) is 0 Å². The van der Waals surface area contributed by atoms with E-state index in [-0.39, 0.29) is 24.0 Å². The van der Waals surface area contributed by atoms with Gasteiger partial charge in [-0.2, -0.15) is 5.10 Å². The molecule has 1 fully saturated rings. The van der Waals surface area contributed by atoms with Gasteiger partial charge in [-0.15, -0.1) is 0 Å². The van der Waals surface area contributed by atoms with E-state index in [2.05, 4.69) is 15.3 Å². The monoisotopic (exact) mass is 305 g/mol. The minimum Gasteiger partial charge on any atom is -0.329 e. The van der Waals surface area contributed by atoms with Crippen LogP contribution in [0.15, 0.2) is 10.9 Å². The number of hydrogen-bond donors (Lipinski definition) is 1. The van der Waals surface area contributed by atoms with E-state index in [1.807, 2.05) is 6.92 Å². The molecule has 0 radical (unpaired) electrons. The second-order valence-corrected chi connectivity index (χ2v) is 5.50. The molecule has 0 atom stereocenters. The average molecular weight is 305 g/mol. The second kappa shape index (κ2) is 5.88. The van der Waals surface area contributed by atoms with E-state index >= 15 is 0 Å². The van der Waals surface area contributed by atoms with Crippen LogP contribution in [-0.4, -0.2) is 57.7 Å². The summed E-state index contributed by atoms with van der Waals surface area (Å²) in [6.07, 6.45) is 0.774.